The third kappa shape index (κ3) is 4.62. The predicted molar refractivity (Wildman–Crippen MR) is 80.4 cm³/mol. The van der Waals surface area contributed by atoms with Crippen molar-refractivity contribution >= 4 is 34.6 Å². The Balaban J connectivity index is 1.79. The Bertz CT molecular complexity index is 609. The molecule has 0 saturated heterocycles. The van der Waals surface area contributed by atoms with Gasteiger partial charge in [-0.15, -0.1) is 11.3 Å². The Hall–Kier alpha value is -1.77. The van der Waals surface area contributed by atoms with Crippen LogP contribution in [0.2, 0.25) is 0 Å². The standard InChI is InChI=1S/C13H14N2O4S2/c16-10(13(18)19)1-3-14-11(17)5-9-7-21-12(15-9)8-2-4-20-6-8/h2,4,6-7,10,16H,1,3,5H2,(H,14,17)(H,18,19)/t10-/m0/s1. The zero-order valence-electron chi connectivity index (χ0n) is 11.0. The van der Waals surface area contributed by atoms with Crippen molar-refractivity contribution in [2.45, 2.75) is 18.9 Å². The summed E-state index contributed by atoms with van der Waals surface area (Å²) in [5, 5.41) is 26.8. The minimum absolute atomic E-state index is 0.0156. The summed E-state index contributed by atoms with van der Waals surface area (Å²) in [5.74, 6) is -1.53. The lowest BCUT2D eigenvalue weighted by atomic mass is 10.2. The minimum Gasteiger partial charge on any atom is -0.479 e. The fraction of sp³-hybridized carbons (Fsp3) is 0.308. The number of carbonyl (C=O) groups is 2. The van der Waals surface area contributed by atoms with Gasteiger partial charge in [-0.05, 0) is 11.4 Å². The van der Waals surface area contributed by atoms with Gasteiger partial charge < -0.3 is 15.5 Å². The molecule has 0 aliphatic rings. The Morgan fingerprint density at radius 1 is 1.38 bits per heavy atom. The van der Waals surface area contributed by atoms with Crippen LogP contribution in [0, 0.1) is 0 Å². The molecule has 3 N–H and O–H groups in total. The molecule has 2 heterocycles. The molecule has 0 saturated carbocycles. The maximum Gasteiger partial charge on any atom is 0.332 e. The topological polar surface area (TPSA) is 99.5 Å². The molecular weight excluding hydrogens is 312 g/mol. The van der Waals surface area contributed by atoms with E-state index in [1.807, 2.05) is 22.2 Å². The van der Waals surface area contributed by atoms with Crippen molar-refractivity contribution in [1.82, 2.24) is 10.3 Å². The second-order valence-electron chi connectivity index (χ2n) is 4.33. The number of thiazole rings is 1. The number of amides is 1. The quantitative estimate of drug-likeness (QED) is 0.713. The minimum atomic E-state index is -1.45. The number of hydrogen-bond acceptors (Lipinski definition) is 6. The van der Waals surface area contributed by atoms with Crippen molar-refractivity contribution in [3.63, 3.8) is 0 Å². The molecule has 8 heteroatoms. The monoisotopic (exact) mass is 326 g/mol. The highest BCUT2D eigenvalue weighted by Crippen LogP contribution is 2.25. The molecular formula is C13H14N2O4S2. The van der Waals surface area contributed by atoms with Gasteiger partial charge in [0.2, 0.25) is 5.91 Å². The van der Waals surface area contributed by atoms with E-state index in [4.69, 9.17) is 10.2 Å². The highest BCUT2D eigenvalue weighted by atomic mass is 32.1. The van der Waals surface area contributed by atoms with Crippen molar-refractivity contribution < 1.29 is 19.8 Å². The zero-order valence-corrected chi connectivity index (χ0v) is 12.6. The van der Waals surface area contributed by atoms with Gasteiger partial charge in [0.1, 0.15) is 5.01 Å². The van der Waals surface area contributed by atoms with Crippen LogP contribution >= 0.6 is 22.7 Å². The van der Waals surface area contributed by atoms with E-state index in [0.717, 1.165) is 10.6 Å². The Morgan fingerprint density at radius 3 is 2.86 bits per heavy atom. The first-order valence-corrected chi connectivity index (χ1v) is 8.03. The van der Waals surface area contributed by atoms with Gasteiger partial charge in [0, 0.05) is 29.3 Å². The maximum atomic E-state index is 11.7. The van der Waals surface area contributed by atoms with E-state index in [0.29, 0.717) is 5.69 Å². The molecule has 112 valence electrons. The number of aliphatic carboxylic acids is 1. The van der Waals surface area contributed by atoms with E-state index in [1.54, 1.807) is 11.3 Å². The first kappa shape index (κ1) is 15.6. The molecule has 6 nitrogen and oxygen atoms in total. The highest BCUT2D eigenvalue weighted by molar-refractivity contribution is 7.14. The summed E-state index contributed by atoms with van der Waals surface area (Å²) in [5.41, 5.74) is 1.72. The molecule has 0 unspecified atom stereocenters. The van der Waals surface area contributed by atoms with E-state index >= 15 is 0 Å². The van der Waals surface area contributed by atoms with Crippen molar-refractivity contribution in [3.05, 3.63) is 27.9 Å². The van der Waals surface area contributed by atoms with Crippen LogP contribution in [0.1, 0.15) is 12.1 Å². The number of hydrogen-bond donors (Lipinski definition) is 3. The predicted octanol–water partition coefficient (Wildman–Crippen LogP) is 1.37. The van der Waals surface area contributed by atoms with Crippen LogP contribution in [0.4, 0.5) is 0 Å². The van der Waals surface area contributed by atoms with Gasteiger partial charge in [0.15, 0.2) is 6.10 Å². The summed E-state index contributed by atoms with van der Waals surface area (Å²) in [6.07, 6.45) is -1.32. The maximum absolute atomic E-state index is 11.7. The number of carboxylic acid groups (broad SMARTS) is 1. The molecule has 0 aliphatic carbocycles. The number of aliphatic hydroxyl groups excluding tert-OH is 1. The third-order valence-corrected chi connectivity index (χ3v) is 4.31. The molecule has 1 amide bonds. The summed E-state index contributed by atoms with van der Waals surface area (Å²) in [6.45, 7) is 0.119. The Kier molecular flexibility index (Phi) is 5.43. The van der Waals surface area contributed by atoms with E-state index < -0.39 is 12.1 Å². The van der Waals surface area contributed by atoms with Crippen LogP contribution in [0.5, 0.6) is 0 Å². The number of nitrogens with zero attached hydrogens (tertiary/aromatic N) is 1. The molecule has 1 atom stereocenters. The van der Waals surface area contributed by atoms with E-state index in [-0.39, 0.29) is 25.3 Å². The highest BCUT2D eigenvalue weighted by Gasteiger charge is 2.13. The van der Waals surface area contributed by atoms with Gasteiger partial charge in [-0.2, -0.15) is 11.3 Å². The van der Waals surface area contributed by atoms with Gasteiger partial charge in [-0.25, -0.2) is 9.78 Å². The number of rotatable bonds is 7. The summed E-state index contributed by atoms with van der Waals surface area (Å²) < 4.78 is 0. The number of aliphatic hydroxyl groups is 1. The molecule has 2 aromatic heterocycles. The Morgan fingerprint density at radius 2 is 2.19 bits per heavy atom. The smallest absolute Gasteiger partial charge is 0.332 e. The first-order chi connectivity index (χ1) is 10.1. The van der Waals surface area contributed by atoms with Crippen LogP contribution in [0.3, 0.4) is 0 Å². The number of aromatic nitrogens is 1. The first-order valence-electron chi connectivity index (χ1n) is 6.21. The second-order valence-corrected chi connectivity index (χ2v) is 5.96. The normalized spacial score (nSPS) is 12.0. The second kappa shape index (κ2) is 7.30. The molecule has 0 aromatic carbocycles. The summed E-state index contributed by atoms with van der Waals surface area (Å²) >= 11 is 3.07. The van der Waals surface area contributed by atoms with Crippen LogP contribution in [-0.2, 0) is 16.0 Å². The molecule has 0 spiro atoms. The molecule has 0 radical (unpaired) electrons. The average molecular weight is 326 g/mol. The molecule has 0 bridgehead atoms. The molecule has 2 aromatic rings. The average Bonchev–Trinajstić information content (AvgIpc) is 3.08. The molecule has 0 aliphatic heterocycles. The zero-order chi connectivity index (χ0) is 15.2. The molecule has 21 heavy (non-hydrogen) atoms. The van der Waals surface area contributed by atoms with Gasteiger partial charge in [0.05, 0.1) is 12.1 Å². The van der Waals surface area contributed by atoms with E-state index in [2.05, 4.69) is 10.3 Å². The van der Waals surface area contributed by atoms with Crippen LogP contribution in [-0.4, -0.2) is 39.7 Å². The van der Waals surface area contributed by atoms with Crippen molar-refractivity contribution in [2.24, 2.45) is 0 Å². The fourth-order valence-corrected chi connectivity index (χ4v) is 3.14. The number of nitrogens with one attached hydrogen (secondary N) is 1. The largest absolute Gasteiger partial charge is 0.479 e. The van der Waals surface area contributed by atoms with Gasteiger partial charge in [-0.1, -0.05) is 0 Å². The summed E-state index contributed by atoms with van der Waals surface area (Å²) in [6, 6.07) is 1.97. The lowest BCUT2D eigenvalue weighted by Crippen LogP contribution is -2.31. The lowest BCUT2D eigenvalue weighted by molar-refractivity contribution is -0.147. The molecule has 2 rings (SSSR count). The number of thiophene rings is 1. The van der Waals surface area contributed by atoms with Gasteiger partial charge in [-0.3, -0.25) is 4.79 Å². The van der Waals surface area contributed by atoms with Gasteiger partial charge in [0.25, 0.3) is 0 Å². The number of carboxylic acids is 1. The van der Waals surface area contributed by atoms with Crippen molar-refractivity contribution in [1.29, 1.82) is 0 Å². The fourth-order valence-electron chi connectivity index (χ4n) is 1.61. The van der Waals surface area contributed by atoms with Crippen LogP contribution in [0.15, 0.2) is 22.2 Å². The van der Waals surface area contributed by atoms with E-state index in [9.17, 15) is 9.59 Å². The van der Waals surface area contributed by atoms with Gasteiger partial charge >= 0.3 is 5.97 Å². The number of carbonyl (C=O) groups excluding carboxylic acids is 1. The summed E-state index contributed by atoms with van der Waals surface area (Å²) in [4.78, 5) is 26.5. The van der Waals surface area contributed by atoms with Crippen molar-refractivity contribution in [3.8, 4) is 10.6 Å². The lowest BCUT2D eigenvalue weighted by Gasteiger charge is -2.06. The Labute approximate surface area is 129 Å². The van der Waals surface area contributed by atoms with Crippen LogP contribution in [0.25, 0.3) is 10.6 Å². The molecule has 0 fully saturated rings. The van der Waals surface area contributed by atoms with E-state index in [1.165, 1.54) is 11.3 Å². The third-order valence-electron chi connectivity index (χ3n) is 2.69. The van der Waals surface area contributed by atoms with Crippen molar-refractivity contribution in [2.75, 3.05) is 6.54 Å². The van der Waals surface area contributed by atoms with Crippen LogP contribution < -0.4 is 5.32 Å². The summed E-state index contributed by atoms with van der Waals surface area (Å²) in [7, 11) is 0. The SMILES string of the molecule is O=C(Cc1csc(-c2ccsc2)n1)NCC[C@H](O)C(=O)O.